The quantitative estimate of drug-likeness (QED) is 0.623. The molecule has 26 heavy (non-hydrogen) atoms. The second-order valence-corrected chi connectivity index (χ2v) is 6.97. The van der Waals surface area contributed by atoms with Crippen LogP contribution in [0.2, 0.25) is 5.02 Å². The maximum Gasteiger partial charge on any atom is 0.117 e. The summed E-state index contributed by atoms with van der Waals surface area (Å²) in [5, 5.41) is 18.6. The van der Waals surface area contributed by atoms with Gasteiger partial charge in [-0.15, -0.1) is 0 Å². The van der Waals surface area contributed by atoms with E-state index in [1.165, 1.54) is 25.2 Å². The first-order valence-corrected chi connectivity index (χ1v) is 9.14. The predicted molar refractivity (Wildman–Crippen MR) is 101 cm³/mol. The Labute approximate surface area is 156 Å². The van der Waals surface area contributed by atoms with Crippen LogP contribution in [0.4, 0.5) is 0 Å². The van der Waals surface area contributed by atoms with Crippen molar-refractivity contribution in [3.63, 3.8) is 0 Å². The lowest BCUT2D eigenvalue weighted by Crippen LogP contribution is -2.19. The number of hydrogen-bond acceptors (Lipinski definition) is 5. The lowest BCUT2D eigenvalue weighted by atomic mass is 10.1. The van der Waals surface area contributed by atoms with Crippen LogP contribution in [0.15, 0.2) is 43.0 Å². The molecule has 3 aromatic rings. The number of aromatic hydroxyl groups is 1. The molecule has 0 spiro atoms. The third kappa shape index (κ3) is 4.03. The van der Waals surface area contributed by atoms with E-state index in [1.54, 1.807) is 18.3 Å². The van der Waals surface area contributed by atoms with Crippen LogP contribution < -0.4 is 5.32 Å². The van der Waals surface area contributed by atoms with Gasteiger partial charge in [-0.05, 0) is 50.1 Å². The second-order valence-electron chi connectivity index (χ2n) is 6.53. The van der Waals surface area contributed by atoms with Crippen LogP contribution in [0, 0.1) is 0 Å². The molecule has 4 rings (SSSR count). The van der Waals surface area contributed by atoms with E-state index in [0.717, 1.165) is 42.0 Å². The number of hydrogen-bond donors (Lipinski definition) is 2. The average molecular weight is 370 g/mol. The van der Waals surface area contributed by atoms with Gasteiger partial charge in [0.15, 0.2) is 0 Å². The normalized spacial score (nSPS) is 13.9. The molecule has 0 unspecified atom stereocenters. The van der Waals surface area contributed by atoms with Crippen molar-refractivity contribution in [1.29, 1.82) is 0 Å². The fourth-order valence-corrected chi connectivity index (χ4v) is 3.16. The van der Waals surface area contributed by atoms with Gasteiger partial charge < -0.3 is 10.4 Å². The molecule has 0 amide bonds. The van der Waals surface area contributed by atoms with Crippen LogP contribution in [0.25, 0.3) is 22.5 Å². The zero-order valence-corrected chi connectivity index (χ0v) is 15.0. The van der Waals surface area contributed by atoms with E-state index in [2.05, 4.69) is 15.3 Å². The summed E-state index contributed by atoms with van der Waals surface area (Å²) in [5.41, 5.74) is 3.19. The molecule has 0 atom stereocenters. The highest BCUT2D eigenvalue weighted by Gasteiger charge is 2.20. The number of rotatable bonds is 7. The van der Waals surface area contributed by atoms with Crippen LogP contribution in [0.5, 0.6) is 5.75 Å². The smallest absolute Gasteiger partial charge is 0.117 e. The minimum atomic E-state index is 0.115. The van der Waals surface area contributed by atoms with Crippen molar-refractivity contribution in [2.75, 3.05) is 6.54 Å². The van der Waals surface area contributed by atoms with Crippen molar-refractivity contribution >= 4 is 11.6 Å². The van der Waals surface area contributed by atoms with Crippen molar-refractivity contribution in [2.24, 2.45) is 0 Å². The van der Waals surface area contributed by atoms with Gasteiger partial charge in [-0.3, -0.25) is 4.68 Å². The molecule has 0 bridgehead atoms. The molecule has 2 aromatic heterocycles. The van der Waals surface area contributed by atoms with Gasteiger partial charge in [0.1, 0.15) is 17.8 Å². The average Bonchev–Trinajstić information content (AvgIpc) is 3.36. The van der Waals surface area contributed by atoms with E-state index in [-0.39, 0.29) is 5.75 Å². The fraction of sp³-hybridized carbons (Fsp3) is 0.316. The summed E-state index contributed by atoms with van der Waals surface area (Å²) in [4.78, 5) is 8.33. The molecule has 1 aliphatic rings. The van der Waals surface area contributed by atoms with E-state index >= 15 is 0 Å². The first-order chi connectivity index (χ1) is 12.7. The Kier molecular flexibility index (Phi) is 4.86. The summed E-state index contributed by atoms with van der Waals surface area (Å²) >= 11 is 6.11. The molecule has 1 aliphatic carbocycles. The zero-order chi connectivity index (χ0) is 17.9. The van der Waals surface area contributed by atoms with Gasteiger partial charge in [-0.2, -0.15) is 5.10 Å². The molecule has 1 saturated carbocycles. The Bertz CT molecular complexity index is 872. The molecular weight excluding hydrogens is 350 g/mol. The van der Waals surface area contributed by atoms with E-state index in [1.807, 2.05) is 16.9 Å². The summed E-state index contributed by atoms with van der Waals surface area (Å²) in [6, 6.07) is 7.54. The van der Waals surface area contributed by atoms with E-state index in [0.29, 0.717) is 11.1 Å². The third-order valence-electron chi connectivity index (χ3n) is 4.35. The standard InChI is InChI=1S/C19H20ClN5O/c20-14-8-13(9-16(26)10-14)19-17(18-4-6-21-12-23-18)11-25(24-19)7-1-5-22-15-2-3-15/h4,6,8-12,15,22,26H,1-3,5,7H2. The first kappa shape index (κ1) is 17.0. The van der Waals surface area contributed by atoms with Gasteiger partial charge in [-0.25, -0.2) is 9.97 Å². The van der Waals surface area contributed by atoms with Crippen LogP contribution in [0.3, 0.4) is 0 Å². The number of phenols is 1. The lowest BCUT2D eigenvalue weighted by molar-refractivity contribution is 0.475. The Morgan fingerprint density at radius 3 is 2.88 bits per heavy atom. The van der Waals surface area contributed by atoms with Crippen molar-refractivity contribution < 1.29 is 5.11 Å². The Morgan fingerprint density at radius 2 is 2.15 bits per heavy atom. The number of phenolic OH excluding ortho intramolecular Hbond substituents is 1. The fourth-order valence-electron chi connectivity index (χ4n) is 2.93. The molecule has 0 radical (unpaired) electrons. The van der Waals surface area contributed by atoms with Crippen molar-refractivity contribution in [3.8, 4) is 28.3 Å². The number of benzene rings is 1. The Hall–Kier alpha value is -2.44. The Morgan fingerprint density at radius 1 is 1.27 bits per heavy atom. The van der Waals surface area contributed by atoms with Gasteiger partial charge >= 0.3 is 0 Å². The minimum absolute atomic E-state index is 0.115. The highest BCUT2D eigenvalue weighted by atomic mass is 35.5. The Balaban J connectivity index is 1.63. The summed E-state index contributed by atoms with van der Waals surface area (Å²) in [6.07, 6.45) is 8.81. The van der Waals surface area contributed by atoms with Gasteiger partial charge in [0.05, 0.1) is 5.69 Å². The van der Waals surface area contributed by atoms with Crippen molar-refractivity contribution in [2.45, 2.75) is 31.8 Å². The summed E-state index contributed by atoms with van der Waals surface area (Å²) in [7, 11) is 0. The summed E-state index contributed by atoms with van der Waals surface area (Å²) < 4.78 is 1.93. The van der Waals surface area contributed by atoms with Gasteiger partial charge in [0, 0.05) is 41.1 Å². The number of nitrogens with zero attached hydrogens (tertiary/aromatic N) is 4. The highest BCUT2D eigenvalue weighted by Crippen LogP contribution is 2.33. The third-order valence-corrected chi connectivity index (χ3v) is 4.57. The van der Waals surface area contributed by atoms with E-state index < -0.39 is 0 Å². The molecule has 7 heteroatoms. The molecule has 2 N–H and O–H groups in total. The molecular formula is C19H20ClN5O. The molecule has 2 heterocycles. The summed E-state index contributed by atoms with van der Waals surface area (Å²) in [5.74, 6) is 0.115. The molecule has 0 aliphatic heterocycles. The van der Waals surface area contributed by atoms with E-state index in [9.17, 15) is 5.11 Å². The minimum Gasteiger partial charge on any atom is -0.508 e. The van der Waals surface area contributed by atoms with Crippen molar-refractivity contribution in [1.82, 2.24) is 25.1 Å². The van der Waals surface area contributed by atoms with Crippen molar-refractivity contribution in [3.05, 3.63) is 48.0 Å². The number of halogens is 1. The number of aryl methyl sites for hydroxylation is 1. The van der Waals surface area contributed by atoms with Crippen LogP contribution in [-0.2, 0) is 6.54 Å². The molecule has 6 nitrogen and oxygen atoms in total. The summed E-state index contributed by atoms with van der Waals surface area (Å²) in [6.45, 7) is 1.80. The highest BCUT2D eigenvalue weighted by molar-refractivity contribution is 6.31. The zero-order valence-electron chi connectivity index (χ0n) is 14.3. The topological polar surface area (TPSA) is 75.9 Å². The number of nitrogens with one attached hydrogen (secondary N) is 1. The van der Waals surface area contributed by atoms with Crippen LogP contribution >= 0.6 is 11.6 Å². The molecule has 1 aromatic carbocycles. The predicted octanol–water partition coefficient (Wildman–Crippen LogP) is 3.51. The van der Waals surface area contributed by atoms with Crippen LogP contribution in [0.1, 0.15) is 19.3 Å². The van der Waals surface area contributed by atoms with Gasteiger partial charge in [0.25, 0.3) is 0 Å². The number of aromatic nitrogens is 4. The van der Waals surface area contributed by atoms with E-state index in [4.69, 9.17) is 16.7 Å². The maximum atomic E-state index is 9.90. The second kappa shape index (κ2) is 7.43. The molecule has 1 fully saturated rings. The van der Waals surface area contributed by atoms with Crippen LogP contribution in [-0.4, -0.2) is 37.4 Å². The molecule has 0 saturated heterocycles. The SMILES string of the molecule is Oc1cc(Cl)cc(-c2nn(CCCNC3CC3)cc2-c2ccncn2)c1. The monoisotopic (exact) mass is 369 g/mol. The molecule has 134 valence electrons. The first-order valence-electron chi connectivity index (χ1n) is 8.76. The maximum absolute atomic E-state index is 9.90. The lowest BCUT2D eigenvalue weighted by Gasteiger charge is -2.04. The largest absolute Gasteiger partial charge is 0.508 e. The van der Waals surface area contributed by atoms with Gasteiger partial charge in [-0.1, -0.05) is 11.6 Å². The van der Waals surface area contributed by atoms with Gasteiger partial charge in [0.2, 0.25) is 0 Å².